The van der Waals surface area contributed by atoms with Crippen molar-refractivity contribution in [2.75, 3.05) is 32.8 Å². The lowest BCUT2D eigenvalue weighted by Gasteiger charge is -2.31. The molecule has 0 radical (unpaired) electrons. The van der Waals surface area contributed by atoms with Crippen molar-refractivity contribution in [3.8, 4) is 0 Å². The Balaban J connectivity index is 2.01. The number of carbonyl (C=O) groups is 1. The molecule has 1 aromatic rings. The number of rotatable bonds is 3. The van der Waals surface area contributed by atoms with Crippen LogP contribution < -0.4 is 0 Å². The number of nitrogens with zero attached hydrogens (tertiary/aromatic N) is 2. The number of ether oxygens (including phenoxy) is 1. The summed E-state index contributed by atoms with van der Waals surface area (Å²) < 4.78 is 5.94. The average molecular weight is 318 g/mol. The highest BCUT2D eigenvalue weighted by molar-refractivity contribution is 5.84. The molecule has 1 heterocycles. The fourth-order valence-electron chi connectivity index (χ4n) is 3.03. The zero-order valence-corrected chi connectivity index (χ0v) is 14.8. The monoisotopic (exact) mass is 318 g/mol. The fraction of sp³-hybridized carbons (Fsp3) is 0.632. The minimum absolute atomic E-state index is 0.108. The topological polar surface area (TPSA) is 32.8 Å². The van der Waals surface area contributed by atoms with Crippen molar-refractivity contribution in [2.24, 2.45) is 0 Å². The minimum atomic E-state index is -0.737. The second-order valence-electron chi connectivity index (χ2n) is 6.71. The predicted molar refractivity (Wildman–Crippen MR) is 93.2 cm³/mol. The highest BCUT2D eigenvalue weighted by Crippen LogP contribution is 2.16. The van der Waals surface area contributed by atoms with Crippen molar-refractivity contribution in [3.05, 3.63) is 35.9 Å². The van der Waals surface area contributed by atoms with Crippen molar-refractivity contribution in [2.45, 2.75) is 45.8 Å². The first-order chi connectivity index (χ1) is 11.0. The van der Waals surface area contributed by atoms with Gasteiger partial charge in [0.15, 0.2) is 0 Å². The lowest BCUT2D eigenvalue weighted by molar-refractivity contribution is -0.154. The van der Waals surface area contributed by atoms with Crippen LogP contribution in [0.3, 0.4) is 0 Å². The third kappa shape index (κ3) is 5.33. The molecule has 0 aromatic heterocycles. The zero-order chi connectivity index (χ0) is 16.7. The summed E-state index contributed by atoms with van der Waals surface area (Å²) >= 11 is 0. The van der Waals surface area contributed by atoms with E-state index < -0.39 is 5.60 Å². The largest absolute Gasteiger partial charge is 0.364 e. The Morgan fingerprint density at radius 3 is 2.48 bits per heavy atom. The SMILES string of the molecule is CCN1CCCCN(Cc2ccccc2)CCOC(C)(C)C1=O. The second kappa shape index (κ2) is 8.46. The van der Waals surface area contributed by atoms with Gasteiger partial charge in [0.05, 0.1) is 6.61 Å². The van der Waals surface area contributed by atoms with E-state index in [-0.39, 0.29) is 5.91 Å². The number of hydrogen-bond donors (Lipinski definition) is 0. The summed E-state index contributed by atoms with van der Waals surface area (Å²) in [4.78, 5) is 16.9. The maximum atomic E-state index is 12.6. The van der Waals surface area contributed by atoms with Crippen LogP contribution in [-0.2, 0) is 16.1 Å². The lowest BCUT2D eigenvalue weighted by Crippen LogP contribution is -2.47. The molecule has 1 amide bonds. The van der Waals surface area contributed by atoms with Gasteiger partial charge >= 0.3 is 0 Å². The quantitative estimate of drug-likeness (QED) is 0.859. The van der Waals surface area contributed by atoms with Crippen LogP contribution in [0, 0.1) is 0 Å². The molecule has 4 heteroatoms. The molecule has 0 unspecified atom stereocenters. The van der Waals surface area contributed by atoms with Gasteiger partial charge < -0.3 is 9.64 Å². The predicted octanol–water partition coefficient (Wildman–Crippen LogP) is 2.93. The Morgan fingerprint density at radius 1 is 1.09 bits per heavy atom. The normalized spacial score (nSPS) is 21.0. The van der Waals surface area contributed by atoms with Gasteiger partial charge in [-0.2, -0.15) is 0 Å². The summed E-state index contributed by atoms with van der Waals surface area (Å²) in [5.74, 6) is 0.108. The Labute approximate surface area is 140 Å². The van der Waals surface area contributed by atoms with Gasteiger partial charge in [-0.05, 0) is 45.7 Å². The van der Waals surface area contributed by atoms with Gasteiger partial charge in [-0.1, -0.05) is 30.3 Å². The van der Waals surface area contributed by atoms with Gasteiger partial charge in [-0.3, -0.25) is 9.69 Å². The Hall–Kier alpha value is -1.39. The first kappa shape index (κ1) is 18.0. The van der Waals surface area contributed by atoms with Crippen LogP contribution in [0.15, 0.2) is 30.3 Å². The first-order valence-corrected chi connectivity index (χ1v) is 8.72. The summed E-state index contributed by atoms with van der Waals surface area (Å²) in [6, 6.07) is 10.5. The van der Waals surface area contributed by atoms with Gasteiger partial charge in [-0.25, -0.2) is 0 Å². The van der Waals surface area contributed by atoms with Crippen molar-refractivity contribution < 1.29 is 9.53 Å². The van der Waals surface area contributed by atoms with Crippen LogP contribution >= 0.6 is 0 Å². The molecule has 0 spiro atoms. The van der Waals surface area contributed by atoms with Crippen molar-refractivity contribution in [1.29, 1.82) is 0 Å². The van der Waals surface area contributed by atoms with E-state index in [1.807, 2.05) is 31.7 Å². The minimum Gasteiger partial charge on any atom is -0.364 e. The number of hydrogen-bond acceptors (Lipinski definition) is 3. The summed E-state index contributed by atoms with van der Waals surface area (Å²) in [6.45, 7) is 10.8. The molecule has 4 nitrogen and oxygen atoms in total. The molecule has 0 N–H and O–H groups in total. The summed E-state index contributed by atoms with van der Waals surface area (Å²) in [5.41, 5.74) is 0.589. The van der Waals surface area contributed by atoms with E-state index in [0.717, 1.165) is 45.6 Å². The van der Waals surface area contributed by atoms with Crippen LogP contribution in [0.4, 0.5) is 0 Å². The van der Waals surface area contributed by atoms with Gasteiger partial charge in [0.25, 0.3) is 5.91 Å². The van der Waals surface area contributed by atoms with Crippen LogP contribution in [0.2, 0.25) is 0 Å². The van der Waals surface area contributed by atoms with Crippen LogP contribution in [0.5, 0.6) is 0 Å². The third-order valence-corrected chi connectivity index (χ3v) is 4.46. The van der Waals surface area contributed by atoms with Gasteiger partial charge in [-0.15, -0.1) is 0 Å². The Kier molecular flexibility index (Phi) is 6.60. The maximum absolute atomic E-state index is 12.6. The smallest absolute Gasteiger partial charge is 0.254 e. The molecule has 1 aromatic carbocycles. The highest BCUT2D eigenvalue weighted by atomic mass is 16.5. The van der Waals surface area contributed by atoms with E-state index in [4.69, 9.17) is 4.74 Å². The summed E-state index contributed by atoms with van der Waals surface area (Å²) in [6.07, 6.45) is 2.15. The number of likely N-dealkylation sites (N-methyl/N-ethyl adjacent to an activating group) is 1. The van der Waals surface area contributed by atoms with Crippen LogP contribution in [-0.4, -0.2) is 54.1 Å². The third-order valence-electron chi connectivity index (χ3n) is 4.46. The van der Waals surface area contributed by atoms with E-state index in [2.05, 4.69) is 29.2 Å². The van der Waals surface area contributed by atoms with E-state index in [0.29, 0.717) is 6.61 Å². The number of carbonyl (C=O) groups excluding carboxylic acids is 1. The van der Waals surface area contributed by atoms with Gasteiger partial charge in [0.2, 0.25) is 0 Å². The molecule has 1 aliphatic heterocycles. The molecular formula is C19H30N2O2. The molecule has 0 bridgehead atoms. The molecule has 1 aliphatic rings. The van der Waals surface area contributed by atoms with Crippen molar-refractivity contribution in [3.63, 3.8) is 0 Å². The standard InChI is InChI=1S/C19H30N2O2/c1-4-21-13-9-8-12-20(16-17-10-6-5-7-11-17)14-15-23-19(2,3)18(21)22/h5-7,10-11H,4,8-9,12-16H2,1-3H3. The number of amides is 1. The van der Waals surface area contributed by atoms with Crippen LogP contribution in [0.25, 0.3) is 0 Å². The second-order valence-corrected chi connectivity index (χ2v) is 6.71. The molecule has 0 atom stereocenters. The average Bonchev–Trinajstić information content (AvgIpc) is 2.56. The highest BCUT2D eigenvalue weighted by Gasteiger charge is 2.32. The summed E-state index contributed by atoms with van der Waals surface area (Å²) in [5, 5.41) is 0. The van der Waals surface area contributed by atoms with E-state index in [1.165, 1.54) is 5.56 Å². The lowest BCUT2D eigenvalue weighted by atomic mass is 10.1. The molecule has 128 valence electrons. The molecular weight excluding hydrogens is 288 g/mol. The zero-order valence-electron chi connectivity index (χ0n) is 14.8. The van der Waals surface area contributed by atoms with E-state index in [9.17, 15) is 4.79 Å². The summed E-state index contributed by atoms with van der Waals surface area (Å²) in [7, 11) is 0. The number of benzene rings is 1. The Morgan fingerprint density at radius 2 is 1.78 bits per heavy atom. The van der Waals surface area contributed by atoms with E-state index >= 15 is 0 Å². The molecule has 2 rings (SSSR count). The van der Waals surface area contributed by atoms with Gasteiger partial charge in [0, 0.05) is 26.2 Å². The molecule has 1 saturated heterocycles. The first-order valence-electron chi connectivity index (χ1n) is 8.72. The van der Waals surface area contributed by atoms with Gasteiger partial charge in [0.1, 0.15) is 5.60 Å². The fourth-order valence-corrected chi connectivity index (χ4v) is 3.03. The molecule has 23 heavy (non-hydrogen) atoms. The van der Waals surface area contributed by atoms with Crippen LogP contribution in [0.1, 0.15) is 39.2 Å². The molecule has 0 saturated carbocycles. The molecule has 0 aliphatic carbocycles. The molecule has 1 fully saturated rings. The maximum Gasteiger partial charge on any atom is 0.254 e. The van der Waals surface area contributed by atoms with Crippen molar-refractivity contribution >= 4 is 5.91 Å². The Bertz CT molecular complexity index is 487. The van der Waals surface area contributed by atoms with E-state index in [1.54, 1.807) is 0 Å². The van der Waals surface area contributed by atoms with Crippen molar-refractivity contribution in [1.82, 2.24) is 9.80 Å².